The van der Waals surface area contributed by atoms with Crippen molar-refractivity contribution in [2.24, 2.45) is 0 Å². The van der Waals surface area contributed by atoms with E-state index in [0.717, 1.165) is 45.2 Å². The summed E-state index contributed by atoms with van der Waals surface area (Å²) in [6.07, 6.45) is 2.30. The summed E-state index contributed by atoms with van der Waals surface area (Å²) in [5, 5.41) is 0. The molecule has 0 spiro atoms. The molecule has 1 saturated heterocycles. The molecule has 0 saturated carbocycles. The molecule has 5 nitrogen and oxygen atoms in total. The lowest BCUT2D eigenvalue weighted by atomic mass is 10.0. The molecule has 0 aliphatic carbocycles. The van der Waals surface area contributed by atoms with Crippen LogP contribution in [0, 0.1) is 13.8 Å². The number of ketones is 1. The molecule has 150 valence electrons. The van der Waals surface area contributed by atoms with E-state index >= 15 is 0 Å². The Bertz CT molecular complexity index is 873. The lowest BCUT2D eigenvalue weighted by molar-refractivity contribution is -0.132. The van der Waals surface area contributed by atoms with Crippen molar-refractivity contribution >= 4 is 23.0 Å². The Balaban J connectivity index is 1.71. The van der Waals surface area contributed by atoms with Gasteiger partial charge in [0.1, 0.15) is 11.5 Å². The van der Waals surface area contributed by atoms with E-state index in [0.29, 0.717) is 6.54 Å². The van der Waals surface area contributed by atoms with Gasteiger partial charge in [0.25, 0.3) is 0 Å². The van der Waals surface area contributed by atoms with Crippen LogP contribution in [0.4, 0.5) is 0 Å². The lowest BCUT2D eigenvalue weighted by Crippen LogP contribution is -2.31. The van der Waals surface area contributed by atoms with E-state index in [1.54, 1.807) is 25.6 Å². The fourth-order valence-corrected chi connectivity index (χ4v) is 4.84. The number of likely N-dealkylation sites (tertiary alicyclic amines) is 1. The van der Waals surface area contributed by atoms with Crippen molar-refractivity contribution in [3.05, 3.63) is 45.1 Å². The van der Waals surface area contributed by atoms with Crippen molar-refractivity contribution < 1.29 is 19.1 Å². The van der Waals surface area contributed by atoms with E-state index < -0.39 is 0 Å². The number of hydrogen-bond acceptors (Lipinski definition) is 5. The van der Waals surface area contributed by atoms with Crippen LogP contribution in [0.1, 0.15) is 57.4 Å². The largest absolute Gasteiger partial charge is 0.497 e. The third kappa shape index (κ3) is 4.22. The van der Waals surface area contributed by atoms with E-state index in [1.807, 2.05) is 43.0 Å². The number of rotatable bonds is 7. The molecule has 1 aromatic heterocycles. The Labute approximate surface area is 170 Å². The monoisotopic (exact) mass is 401 g/mol. The number of Topliss-reactive ketones (excluding diaryl/α,β-unsaturated/α-hetero) is 1. The Morgan fingerprint density at radius 2 is 1.93 bits per heavy atom. The molecule has 1 fully saturated rings. The van der Waals surface area contributed by atoms with Crippen LogP contribution in [-0.4, -0.2) is 37.4 Å². The molecule has 1 aliphatic rings. The smallest absolute Gasteiger partial charge is 0.223 e. The molecule has 0 bridgehead atoms. The number of aryl methyl sites for hydroxylation is 2. The van der Waals surface area contributed by atoms with Crippen LogP contribution in [0.5, 0.6) is 11.5 Å². The van der Waals surface area contributed by atoms with Gasteiger partial charge in [0.05, 0.1) is 20.3 Å². The summed E-state index contributed by atoms with van der Waals surface area (Å²) in [7, 11) is 3.26. The summed E-state index contributed by atoms with van der Waals surface area (Å²) in [6, 6.07) is 7.55. The molecule has 2 heterocycles. The Kier molecular flexibility index (Phi) is 6.39. The van der Waals surface area contributed by atoms with Crippen LogP contribution in [0.3, 0.4) is 0 Å². The molecule has 28 heavy (non-hydrogen) atoms. The van der Waals surface area contributed by atoms with Crippen molar-refractivity contribution in [3.8, 4) is 11.5 Å². The molecule has 3 rings (SSSR count). The first-order valence-electron chi connectivity index (χ1n) is 9.56. The number of methoxy groups -OCH3 is 2. The van der Waals surface area contributed by atoms with Gasteiger partial charge in [-0.2, -0.15) is 0 Å². The molecular weight excluding hydrogens is 374 g/mol. The van der Waals surface area contributed by atoms with Gasteiger partial charge in [-0.25, -0.2) is 0 Å². The first-order chi connectivity index (χ1) is 13.4. The minimum Gasteiger partial charge on any atom is -0.497 e. The van der Waals surface area contributed by atoms with E-state index in [2.05, 4.69) is 0 Å². The van der Waals surface area contributed by atoms with Crippen LogP contribution in [-0.2, 0) is 4.79 Å². The second-order valence-corrected chi connectivity index (χ2v) is 8.56. The number of thiophene rings is 1. The molecule has 6 heteroatoms. The van der Waals surface area contributed by atoms with E-state index in [-0.39, 0.29) is 30.6 Å². The van der Waals surface area contributed by atoms with Crippen molar-refractivity contribution in [2.75, 3.05) is 20.8 Å². The van der Waals surface area contributed by atoms with Crippen LogP contribution in [0.25, 0.3) is 0 Å². The van der Waals surface area contributed by atoms with Crippen LogP contribution >= 0.6 is 11.3 Å². The first kappa shape index (κ1) is 20.4. The maximum Gasteiger partial charge on any atom is 0.223 e. The zero-order valence-corrected chi connectivity index (χ0v) is 17.7. The third-order valence-corrected chi connectivity index (χ3v) is 6.24. The molecule has 0 radical (unpaired) electrons. The molecule has 1 aromatic carbocycles. The summed E-state index contributed by atoms with van der Waals surface area (Å²) >= 11 is 1.62. The molecule has 1 unspecified atom stereocenters. The van der Waals surface area contributed by atoms with Crippen LogP contribution in [0.2, 0.25) is 0 Å². The van der Waals surface area contributed by atoms with Gasteiger partial charge in [-0.15, -0.1) is 11.3 Å². The van der Waals surface area contributed by atoms with E-state index in [4.69, 9.17) is 9.47 Å². The van der Waals surface area contributed by atoms with Gasteiger partial charge >= 0.3 is 0 Å². The molecular formula is C22H27NO4S. The molecule has 0 N–H and O–H groups in total. The van der Waals surface area contributed by atoms with E-state index in [1.165, 1.54) is 0 Å². The number of carbonyl (C=O) groups is 2. The van der Waals surface area contributed by atoms with Crippen LogP contribution < -0.4 is 9.47 Å². The highest BCUT2D eigenvalue weighted by molar-refractivity contribution is 7.12. The summed E-state index contributed by atoms with van der Waals surface area (Å²) in [5.41, 5.74) is 1.71. The van der Waals surface area contributed by atoms with Gasteiger partial charge in [-0.05, 0) is 51.0 Å². The fraction of sp³-hybridized carbons (Fsp3) is 0.455. The molecule has 1 atom stereocenters. The summed E-state index contributed by atoms with van der Waals surface area (Å²) < 4.78 is 10.9. The standard InChI is InChI=1S/C22H27NO4S/c1-14-12-17(15(2)28-14)20(24)8-10-22(25)23-11-5-6-19(23)18-13-16(26-3)7-9-21(18)27-4/h7,9,12-13,19H,5-6,8,10-11H2,1-4H3. The lowest BCUT2D eigenvalue weighted by Gasteiger charge is -2.26. The van der Waals surface area contributed by atoms with Crippen molar-refractivity contribution in [2.45, 2.75) is 45.6 Å². The van der Waals surface area contributed by atoms with E-state index in [9.17, 15) is 9.59 Å². The highest BCUT2D eigenvalue weighted by Gasteiger charge is 2.32. The SMILES string of the molecule is COc1ccc(OC)c(C2CCCN2C(=O)CCC(=O)c2cc(C)sc2C)c1. The van der Waals surface area contributed by atoms with Crippen molar-refractivity contribution in [1.29, 1.82) is 0 Å². The predicted molar refractivity (Wildman–Crippen MR) is 111 cm³/mol. The van der Waals surface area contributed by atoms with Gasteiger partial charge in [-0.1, -0.05) is 0 Å². The highest BCUT2D eigenvalue weighted by Crippen LogP contribution is 2.39. The molecule has 1 amide bonds. The van der Waals surface area contributed by atoms with Gasteiger partial charge in [0, 0.05) is 40.3 Å². The van der Waals surface area contributed by atoms with Crippen molar-refractivity contribution in [3.63, 3.8) is 0 Å². The summed E-state index contributed by atoms with van der Waals surface area (Å²) in [6.45, 7) is 4.66. The van der Waals surface area contributed by atoms with Crippen molar-refractivity contribution in [1.82, 2.24) is 4.90 Å². The summed E-state index contributed by atoms with van der Waals surface area (Å²) in [4.78, 5) is 29.5. The van der Waals surface area contributed by atoms with Gasteiger partial charge < -0.3 is 14.4 Å². The second-order valence-electron chi connectivity index (χ2n) is 7.10. The first-order valence-corrected chi connectivity index (χ1v) is 10.4. The number of amides is 1. The number of carbonyl (C=O) groups excluding carboxylic acids is 2. The van der Waals surface area contributed by atoms with Gasteiger partial charge in [-0.3, -0.25) is 9.59 Å². The maximum absolute atomic E-state index is 12.9. The topological polar surface area (TPSA) is 55.8 Å². The molecule has 1 aliphatic heterocycles. The third-order valence-electron chi connectivity index (χ3n) is 5.28. The average molecular weight is 402 g/mol. The average Bonchev–Trinajstić information content (AvgIpc) is 3.31. The normalized spacial score (nSPS) is 16.3. The zero-order chi connectivity index (χ0) is 20.3. The quantitative estimate of drug-likeness (QED) is 0.631. The highest BCUT2D eigenvalue weighted by atomic mass is 32.1. The van der Waals surface area contributed by atoms with Crippen LogP contribution in [0.15, 0.2) is 24.3 Å². The molecule has 2 aromatic rings. The minimum absolute atomic E-state index is 0.0188. The summed E-state index contributed by atoms with van der Waals surface area (Å²) in [5.74, 6) is 1.56. The fourth-order valence-electron chi connectivity index (χ4n) is 3.89. The number of nitrogens with zero attached hydrogens (tertiary/aromatic N) is 1. The Morgan fingerprint density at radius 1 is 1.14 bits per heavy atom. The Morgan fingerprint density at radius 3 is 2.57 bits per heavy atom. The number of hydrogen-bond donors (Lipinski definition) is 0. The minimum atomic E-state index is -0.0437. The van der Waals surface area contributed by atoms with Gasteiger partial charge in [0.2, 0.25) is 5.91 Å². The zero-order valence-electron chi connectivity index (χ0n) is 16.9. The number of benzene rings is 1. The van der Waals surface area contributed by atoms with Gasteiger partial charge in [0.15, 0.2) is 5.78 Å². The Hall–Kier alpha value is -2.34. The maximum atomic E-state index is 12.9. The second kappa shape index (κ2) is 8.78. The predicted octanol–water partition coefficient (Wildman–Crippen LogP) is 4.71. The number of ether oxygens (including phenoxy) is 2.